The van der Waals surface area contributed by atoms with E-state index in [2.05, 4.69) is 30.1 Å². The smallest absolute Gasteiger partial charge is 0.261 e. The van der Waals surface area contributed by atoms with Crippen molar-refractivity contribution in [2.75, 3.05) is 17.8 Å². The number of sulfonamides is 1. The molecule has 0 aliphatic carbocycles. The Labute approximate surface area is 267 Å². The maximum atomic E-state index is 13.0. The van der Waals surface area contributed by atoms with E-state index in [1.54, 1.807) is 48.9 Å². The second kappa shape index (κ2) is 14.2. The largest absolute Gasteiger partial charge is 0.387 e. The molecule has 0 saturated carbocycles. The number of aromatic nitrogens is 4. The molecule has 0 saturated heterocycles. The molecule has 3 aromatic carbocycles. The van der Waals surface area contributed by atoms with Crippen molar-refractivity contribution in [3.05, 3.63) is 144 Å². The van der Waals surface area contributed by atoms with Gasteiger partial charge in [-0.1, -0.05) is 53.7 Å². The molecule has 0 aliphatic heterocycles. The van der Waals surface area contributed by atoms with Gasteiger partial charge in [0.2, 0.25) is 11.7 Å². The molecule has 0 bridgehead atoms. The molecule has 0 radical (unpaired) electrons. The number of aliphatic hydroxyl groups is 1. The number of rotatable bonds is 13. The molecular formula is C35H32N6O4S. The first-order valence-electron chi connectivity index (χ1n) is 14.8. The van der Waals surface area contributed by atoms with E-state index in [4.69, 9.17) is 4.52 Å². The lowest BCUT2D eigenvalue weighted by atomic mass is 10.1. The predicted octanol–water partition coefficient (Wildman–Crippen LogP) is 5.45. The summed E-state index contributed by atoms with van der Waals surface area (Å²) in [6.07, 6.45) is 5.65. The summed E-state index contributed by atoms with van der Waals surface area (Å²) in [6, 6.07) is 31.0. The summed E-state index contributed by atoms with van der Waals surface area (Å²) in [5.74, 6) is 0.842. The van der Waals surface area contributed by atoms with Gasteiger partial charge in [0.1, 0.15) is 0 Å². The summed E-state index contributed by atoms with van der Waals surface area (Å²) >= 11 is 0. The van der Waals surface area contributed by atoms with Gasteiger partial charge < -0.3 is 14.9 Å². The molecule has 11 heteroatoms. The van der Waals surface area contributed by atoms with Gasteiger partial charge in [0.15, 0.2) is 0 Å². The second-order valence-electron chi connectivity index (χ2n) is 10.7. The van der Waals surface area contributed by atoms with Crippen LogP contribution < -0.4 is 10.0 Å². The Hall–Kier alpha value is -5.23. The fourth-order valence-corrected chi connectivity index (χ4v) is 5.90. The first kappa shape index (κ1) is 30.8. The Morgan fingerprint density at radius 3 is 2.28 bits per heavy atom. The van der Waals surface area contributed by atoms with E-state index in [0.29, 0.717) is 42.5 Å². The first-order valence-corrected chi connectivity index (χ1v) is 16.3. The molecule has 3 aromatic heterocycles. The lowest BCUT2D eigenvalue weighted by molar-refractivity contribution is 0.174. The van der Waals surface area contributed by atoms with E-state index < -0.39 is 16.1 Å². The van der Waals surface area contributed by atoms with E-state index in [9.17, 15) is 13.5 Å². The monoisotopic (exact) mass is 632 g/mol. The third-order valence-electron chi connectivity index (χ3n) is 7.36. The molecule has 10 nitrogen and oxygen atoms in total. The third kappa shape index (κ3) is 7.88. The molecule has 1 atom stereocenters. The maximum Gasteiger partial charge on any atom is 0.261 e. The highest BCUT2D eigenvalue weighted by atomic mass is 32.2. The minimum absolute atomic E-state index is 0.119. The van der Waals surface area contributed by atoms with Crippen LogP contribution in [0, 0.1) is 0 Å². The number of nitrogens with one attached hydrogen (secondary N) is 2. The van der Waals surface area contributed by atoms with Crippen LogP contribution in [0.3, 0.4) is 0 Å². The molecule has 0 aliphatic rings. The van der Waals surface area contributed by atoms with Gasteiger partial charge in [-0.3, -0.25) is 14.7 Å². The molecule has 0 spiro atoms. The van der Waals surface area contributed by atoms with Crippen LogP contribution in [0.4, 0.5) is 5.69 Å². The quantitative estimate of drug-likeness (QED) is 0.142. The van der Waals surface area contributed by atoms with Crippen molar-refractivity contribution in [1.29, 1.82) is 0 Å². The molecule has 0 amide bonds. The van der Waals surface area contributed by atoms with Gasteiger partial charge in [-0.15, -0.1) is 0 Å². The van der Waals surface area contributed by atoms with Gasteiger partial charge in [-0.2, -0.15) is 4.98 Å². The van der Waals surface area contributed by atoms with Gasteiger partial charge in [-0.25, -0.2) is 8.42 Å². The molecule has 6 rings (SSSR count). The predicted molar refractivity (Wildman–Crippen MR) is 175 cm³/mol. The van der Waals surface area contributed by atoms with E-state index in [-0.39, 0.29) is 4.90 Å². The minimum atomic E-state index is -3.81. The van der Waals surface area contributed by atoms with Crippen molar-refractivity contribution < 1.29 is 18.0 Å². The van der Waals surface area contributed by atoms with Gasteiger partial charge in [0, 0.05) is 47.5 Å². The number of nitrogens with zero attached hydrogens (tertiary/aromatic N) is 4. The van der Waals surface area contributed by atoms with Gasteiger partial charge in [0.05, 0.1) is 23.1 Å². The van der Waals surface area contributed by atoms with Gasteiger partial charge in [0.25, 0.3) is 10.0 Å². The fraction of sp³-hybridized carbons (Fsp3) is 0.143. The highest BCUT2D eigenvalue weighted by Crippen LogP contribution is 2.23. The standard InChI is InChI=1S/C35H32N6O4S/c42-33(29-4-3-19-36-23-29)24-37-21-18-25-8-14-30(15-9-25)41-46(43,44)31-16-12-28(13-17-31)35-39-34(45-40-35)22-26-6-10-27(11-7-26)32-5-1-2-20-38-32/h1-17,19-20,23,33,37,41-42H,18,21-22,24H2/t33-/m0/s1. The van der Waals surface area contributed by atoms with Crippen LogP contribution in [-0.4, -0.2) is 46.7 Å². The Morgan fingerprint density at radius 1 is 0.804 bits per heavy atom. The number of pyridine rings is 2. The number of hydrogen-bond acceptors (Lipinski definition) is 9. The highest BCUT2D eigenvalue weighted by Gasteiger charge is 2.16. The molecule has 0 fully saturated rings. The van der Waals surface area contributed by atoms with Crippen molar-refractivity contribution in [2.45, 2.75) is 23.8 Å². The van der Waals surface area contributed by atoms with Crippen LogP contribution >= 0.6 is 0 Å². The van der Waals surface area contributed by atoms with E-state index in [0.717, 1.165) is 34.4 Å². The summed E-state index contributed by atoms with van der Waals surface area (Å²) in [5.41, 5.74) is 5.86. The lowest BCUT2D eigenvalue weighted by Gasteiger charge is -2.12. The summed E-state index contributed by atoms with van der Waals surface area (Å²) in [5, 5.41) is 17.6. The average Bonchev–Trinajstić information content (AvgIpc) is 3.57. The van der Waals surface area contributed by atoms with E-state index >= 15 is 0 Å². The number of anilines is 1. The maximum absolute atomic E-state index is 13.0. The Morgan fingerprint density at radius 2 is 1.57 bits per heavy atom. The molecule has 0 unspecified atom stereocenters. The van der Waals surface area contributed by atoms with Crippen molar-refractivity contribution in [1.82, 2.24) is 25.4 Å². The van der Waals surface area contributed by atoms with Gasteiger partial charge >= 0.3 is 0 Å². The van der Waals surface area contributed by atoms with Crippen LogP contribution in [0.2, 0.25) is 0 Å². The Bertz CT molecular complexity index is 1950. The molecule has 3 N–H and O–H groups in total. The van der Waals surface area contributed by atoms with E-state index in [1.165, 1.54) is 12.1 Å². The SMILES string of the molecule is O=S(=O)(Nc1ccc(CCNC[C@H](O)c2cccnc2)cc1)c1ccc(-c2noc(Cc3ccc(-c4ccccn4)cc3)n2)cc1. The van der Waals surface area contributed by atoms with Crippen LogP contribution in [0.5, 0.6) is 0 Å². The number of benzene rings is 3. The lowest BCUT2D eigenvalue weighted by Crippen LogP contribution is -2.23. The van der Waals surface area contributed by atoms with Gasteiger partial charge in [-0.05, 0) is 78.7 Å². The van der Waals surface area contributed by atoms with Crippen molar-refractivity contribution in [3.8, 4) is 22.6 Å². The van der Waals surface area contributed by atoms with Crippen LogP contribution in [0.1, 0.15) is 28.7 Å². The Kier molecular flexibility index (Phi) is 9.54. The minimum Gasteiger partial charge on any atom is -0.387 e. The molecular weight excluding hydrogens is 600 g/mol. The molecule has 6 aromatic rings. The van der Waals surface area contributed by atoms with Crippen molar-refractivity contribution in [3.63, 3.8) is 0 Å². The van der Waals surface area contributed by atoms with E-state index in [1.807, 2.05) is 60.7 Å². The zero-order valence-electron chi connectivity index (χ0n) is 24.8. The Balaban J connectivity index is 1.00. The zero-order valence-corrected chi connectivity index (χ0v) is 25.6. The fourth-order valence-electron chi connectivity index (χ4n) is 4.84. The number of aliphatic hydroxyl groups excluding tert-OH is 1. The topological polar surface area (TPSA) is 143 Å². The van der Waals surface area contributed by atoms with Crippen LogP contribution in [0.25, 0.3) is 22.6 Å². The van der Waals surface area contributed by atoms with Crippen LogP contribution in [0.15, 0.2) is 131 Å². The number of hydrogen-bond donors (Lipinski definition) is 3. The highest BCUT2D eigenvalue weighted by molar-refractivity contribution is 7.92. The first-order chi connectivity index (χ1) is 22.4. The summed E-state index contributed by atoms with van der Waals surface area (Å²) in [4.78, 5) is 13.0. The molecule has 3 heterocycles. The summed E-state index contributed by atoms with van der Waals surface area (Å²) in [7, 11) is -3.81. The summed E-state index contributed by atoms with van der Waals surface area (Å²) < 4.78 is 34.2. The zero-order chi connectivity index (χ0) is 31.8. The average molecular weight is 633 g/mol. The van der Waals surface area contributed by atoms with Crippen LogP contribution in [-0.2, 0) is 22.9 Å². The normalized spacial score (nSPS) is 12.1. The van der Waals surface area contributed by atoms with Crippen molar-refractivity contribution >= 4 is 15.7 Å². The summed E-state index contributed by atoms with van der Waals surface area (Å²) in [6.45, 7) is 1.08. The molecule has 46 heavy (non-hydrogen) atoms. The third-order valence-corrected chi connectivity index (χ3v) is 8.76. The molecule has 232 valence electrons. The second-order valence-corrected chi connectivity index (χ2v) is 12.4. The van der Waals surface area contributed by atoms with Crippen molar-refractivity contribution in [2.24, 2.45) is 0 Å².